The standard InChI is InChI=1S/C11H15N3O3/c1-6(2)13-11(15)14-8-4-10-9(3-7(8)12)16-5-17-10/h3-4,6H,5,12H2,1-2H3,(H2,13,14,15). The fraction of sp³-hybridized carbons (Fsp3) is 0.364. The minimum Gasteiger partial charge on any atom is -0.454 e. The Morgan fingerprint density at radius 1 is 1.35 bits per heavy atom. The van der Waals surface area contributed by atoms with Crippen LogP contribution < -0.4 is 25.8 Å². The molecule has 0 bridgehead atoms. The molecule has 1 aromatic carbocycles. The van der Waals surface area contributed by atoms with Crippen LogP contribution >= 0.6 is 0 Å². The molecule has 0 unspecified atom stereocenters. The van der Waals surface area contributed by atoms with E-state index in [0.29, 0.717) is 22.9 Å². The molecule has 0 saturated carbocycles. The zero-order chi connectivity index (χ0) is 12.4. The number of anilines is 2. The number of nitrogens with one attached hydrogen (secondary N) is 2. The third-order valence-corrected chi connectivity index (χ3v) is 2.21. The average molecular weight is 237 g/mol. The smallest absolute Gasteiger partial charge is 0.319 e. The number of hydrogen-bond donors (Lipinski definition) is 3. The van der Waals surface area contributed by atoms with Crippen LogP contribution in [0.15, 0.2) is 12.1 Å². The summed E-state index contributed by atoms with van der Waals surface area (Å²) in [7, 11) is 0. The Balaban J connectivity index is 2.13. The van der Waals surface area contributed by atoms with Gasteiger partial charge >= 0.3 is 6.03 Å². The second-order valence-corrected chi connectivity index (χ2v) is 4.05. The van der Waals surface area contributed by atoms with Crippen molar-refractivity contribution in [3.8, 4) is 11.5 Å². The van der Waals surface area contributed by atoms with E-state index in [-0.39, 0.29) is 18.9 Å². The van der Waals surface area contributed by atoms with Gasteiger partial charge in [-0.05, 0) is 13.8 Å². The third-order valence-electron chi connectivity index (χ3n) is 2.21. The summed E-state index contributed by atoms with van der Waals surface area (Å²) in [5, 5.41) is 5.37. The zero-order valence-electron chi connectivity index (χ0n) is 9.74. The first-order valence-corrected chi connectivity index (χ1v) is 5.33. The maximum atomic E-state index is 11.5. The number of urea groups is 1. The number of benzene rings is 1. The molecule has 2 amide bonds. The molecule has 0 aromatic heterocycles. The highest BCUT2D eigenvalue weighted by Crippen LogP contribution is 2.38. The summed E-state index contributed by atoms with van der Waals surface area (Å²) in [6.07, 6.45) is 0. The number of hydrogen-bond acceptors (Lipinski definition) is 4. The van der Waals surface area contributed by atoms with Crippen molar-refractivity contribution in [3.63, 3.8) is 0 Å². The Labute approximate surface area is 99.1 Å². The number of carbonyl (C=O) groups is 1. The highest BCUT2D eigenvalue weighted by molar-refractivity contribution is 5.93. The number of fused-ring (bicyclic) bond motifs is 1. The van der Waals surface area contributed by atoms with Gasteiger partial charge in [-0.1, -0.05) is 0 Å². The lowest BCUT2D eigenvalue weighted by molar-refractivity contribution is 0.174. The second-order valence-electron chi connectivity index (χ2n) is 4.05. The molecular weight excluding hydrogens is 222 g/mol. The van der Waals surface area contributed by atoms with Crippen molar-refractivity contribution in [1.82, 2.24) is 5.32 Å². The van der Waals surface area contributed by atoms with Gasteiger partial charge in [0.05, 0.1) is 11.4 Å². The number of rotatable bonds is 2. The summed E-state index contributed by atoms with van der Waals surface area (Å²) in [4.78, 5) is 11.5. The van der Waals surface area contributed by atoms with Gasteiger partial charge in [0.1, 0.15) is 0 Å². The Bertz CT molecular complexity index is 446. The molecule has 2 rings (SSSR count). The molecule has 92 valence electrons. The normalized spacial score (nSPS) is 12.6. The van der Waals surface area contributed by atoms with Crippen LogP contribution in [0.25, 0.3) is 0 Å². The fourth-order valence-corrected chi connectivity index (χ4v) is 1.49. The van der Waals surface area contributed by atoms with Crippen LogP contribution in [0.5, 0.6) is 11.5 Å². The largest absolute Gasteiger partial charge is 0.454 e. The van der Waals surface area contributed by atoms with E-state index in [0.717, 1.165) is 0 Å². The van der Waals surface area contributed by atoms with Gasteiger partial charge in [0.15, 0.2) is 11.5 Å². The molecule has 6 nitrogen and oxygen atoms in total. The van der Waals surface area contributed by atoms with Crippen LogP contribution in [-0.4, -0.2) is 18.9 Å². The summed E-state index contributed by atoms with van der Waals surface area (Å²) in [6, 6.07) is 3.04. The molecule has 4 N–H and O–H groups in total. The predicted molar refractivity (Wildman–Crippen MR) is 64.3 cm³/mol. The van der Waals surface area contributed by atoms with E-state index in [2.05, 4.69) is 10.6 Å². The van der Waals surface area contributed by atoms with E-state index in [9.17, 15) is 4.79 Å². The molecule has 1 aliphatic heterocycles. The third kappa shape index (κ3) is 2.52. The lowest BCUT2D eigenvalue weighted by Crippen LogP contribution is -2.34. The van der Waals surface area contributed by atoms with Crippen molar-refractivity contribution in [1.29, 1.82) is 0 Å². The monoisotopic (exact) mass is 237 g/mol. The second kappa shape index (κ2) is 4.40. The topological polar surface area (TPSA) is 85.6 Å². The van der Waals surface area contributed by atoms with E-state index in [4.69, 9.17) is 15.2 Å². The summed E-state index contributed by atoms with van der Waals surface area (Å²) >= 11 is 0. The van der Waals surface area contributed by atoms with Crippen LogP contribution in [0.2, 0.25) is 0 Å². The van der Waals surface area contributed by atoms with Gasteiger partial charge in [0.2, 0.25) is 6.79 Å². The van der Waals surface area contributed by atoms with Crippen LogP contribution in [0.3, 0.4) is 0 Å². The summed E-state index contributed by atoms with van der Waals surface area (Å²) in [6.45, 7) is 3.93. The fourth-order valence-electron chi connectivity index (χ4n) is 1.49. The van der Waals surface area contributed by atoms with Crippen molar-refractivity contribution in [2.24, 2.45) is 0 Å². The predicted octanol–water partition coefficient (Wildman–Crippen LogP) is 1.53. The van der Waals surface area contributed by atoms with E-state index in [1.54, 1.807) is 12.1 Å². The Morgan fingerprint density at radius 2 is 2.00 bits per heavy atom. The summed E-state index contributed by atoms with van der Waals surface area (Å²) < 4.78 is 10.4. The van der Waals surface area contributed by atoms with Gasteiger partial charge in [-0.25, -0.2) is 4.79 Å². The van der Waals surface area contributed by atoms with Crippen LogP contribution in [0.1, 0.15) is 13.8 Å². The quantitative estimate of drug-likeness (QED) is 0.681. The molecule has 1 aliphatic rings. The lowest BCUT2D eigenvalue weighted by atomic mass is 10.2. The molecule has 0 saturated heterocycles. The first-order valence-electron chi connectivity index (χ1n) is 5.33. The maximum absolute atomic E-state index is 11.5. The van der Waals surface area contributed by atoms with Gasteiger partial charge < -0.3 is 25.8 Å². The van der Waals surface area contributed by atoms with Crippen LogP contribution in [0.4, 0.5) is 16.2 Å². The summed E-state index contributed by atoms with van der Waals surface area (Å²) in [5.41, 5.74) is 6.74. The Hall–Kier alpha value is -2.11. The molecular formula is C11H15N3O3. The van der Waals surface area contributed by atoms with Crippen molar-refractivity contribution in [2.75, 3.05) is 17.8 Å². The van der Waals surface area contributed by atoms with Gasteiger partial charge in [0, 0.05) is 18.2 Å². The van der Waals surface area contributed by atoms with Gasteiger partial charge in [-0.15, -0.1) is 0 Å². The SMILES string of the molecule is CC(C)NC(=O)Nc1cc2c(cc1N)OCO2. The zero-order valence-corrected chi connectivity index (χ0v) is 9.74. The molecule has 1 heterocycles. The Kier molecular flexibility index (Phi) is 2.95. The Morgan fingerprint density at radius 3 is 2.65 bits per heavy atom. The highest BCUT2D eigenvalue weighted by Gasteiger charge is 2.17. The first-order chi connectivity index (χ1) is 8.06. The van der Waals surface area contributed by atoms with Crippen LogP contribution in [0, 0.1) is 0 Å². The van der Waals surface area contributed by atoms with Crippen molar-refractivity contribution >= 4 is 17.4 Å². The number of carbonyl (C=O) groups excluding carboxylic acids is 1. The highest BCUT2D eigenvalue weighted by atomic mass is 16.7. The van der Waals surface area contributed by atoms with E-state index < -0.39 is 0 Å². The average Bonchev–Trinajstić information content (AvgIpc) is 2.63. The van der Waals surface area contributed by atoms with E-state index in [1.807, 2.05) is 13.8 Å². The molecule has 6 heteroatoms. The van der Waals surface area contributed by atoms with Crippen molar-refractivity contribution in [2.45, 2.75) is 19.9 Å². The molecule has 0 radical (unpaired) electrons. The van der Waals surface area contributed by atoms with Crippen molar-refractivity contribution in [3.05, 3.63) is 12.1 Å². The number of ether oxygens (including phenoxy) is 2. The minimum atomic E-state index is -0.300. The number of amides is 2. The van der Waals surface area contributed by atoms with Crippen LogP contribution in [-0.2, 0) is 0 Å². The molecule has 0 aliphatic carbocycles. The van der Waals surface area contributed by atoms with E-state index >= 15 is 0 Å². The van der Waals surface area contributed by atoms with Gasteiger partial charge in [0.25, 0.3) is 0 Å². The van der Waals surface area contributed by atoms with Crippen molar-refractivity contribution < 1.29 is 14.3 Å². The molecule has 1 aromatic rings. The molecule has 0 atom stereocenters. The van der Waals surface area contributed by atoms with Gasteiger partial charge in [-0.3, -0.25) is 0 Å². The minimum absolute atomic E-state index is 0.0604. The number of nitrogen functional groups attached to an aromatic ring is 1. The molecule has 0 spiro atoms. The van der Waals surface area contributed by atoms with E-state index in [1.165, 1.54) is 0 Å². The summed E-state index contributed by atoms with van der Waals surface area (Å²) in [5.74, 6) is 1.18. The maximum Gasteiger partial charge on any atom is 0.319 e. The molecule has 17 heavy (non-hydrogen) atoms. The van der Waals surface area contributed by atoms with Gasteiger partial charge in [-0.2, -0.15) is 0 Å². The molecule has 0 fully saturated rings. The first kappa shape index (κ1) is 11.4. The number of nitrogens with two attached hydrogens (primary N) is 1. The lowest BCUT2D eigenvalue weighted by Gasteiger charge is -2.12.